The highest BCUT2D eigenvalue weighted by molar-refractivity contribution is 5.94. The standard InChI is InChI=1S/C18H15FN2O4/c1-20-17(22)12-4-3-10(8-13(12)19)7-11-9-15(18(23)24-2)21-14-5-6-25-16(11)14/h3-6,8-9H,7H2,1-2H3,(H,20,22). The smallest absolute Gasteiger partial charge is 0.356 e. The number of aromatic nitrogens is 1. The number of hydrogen-bond acceptors (Lipinski definition) is 5. The number of nitrogens with one attached hydrogen (secondary N) is 1. The molecular weight excluding hydrogens is 327 g/mol. The number of furan rings is 1. The molecular formula is C18H15FN2O4. The van der Waals surface area contributed by atoms with Crippen LogP contribution in [0, 0.1) is 5.82 Å². The van der Waals surface area contributed by atoms with E-state index in [0.717, 1.165) is 0 Å². The number of ether oxygens (including phenoxy) is 1. The fourth-order valence-electron chi connectivity index (χ4n) is 2.57. The highest BCUT2D eigenvalue weighted by Crippen LogP contribution is 2.23. The zero-order chi connectivity index (χ0) is 18.0. The number of amides is 1. The monoisotopic (exact) mass is 342 g/mol. The number of fused-ring (bicyclic) bond motifs is 1. The van der Waals surface area contributed by atoms with Crippen molar-refractivity contribution in [3.05, 3.63) is 64.8 Å². The van der Waals surface area contributed by atoms with Crippen molar-refractivity contribution in [1.29, 1.82) is 0 Å². The molecule has 3 aromatic rings. The summed E-state index contributed by atoms with van der Waals surface area (Å²) < 4.78 is 24.3. The summed E-state index contributed by atoms with van der Waals surface area (Å²) in [5.74, 6) is -1.67. The Balaban J connectivity index is 2.00. The van der Waals surface area contributed by atoms with Gasteiger partial charge in [-0.1, -0.05) is 6.07 Å². The second-order valence-corrected chi connectivity index (χ2v) is 5.36. The molecule has 0 saturated carbocycles. The molecule has 0 spiro atoms. The number of rotatable bonds is 4. The lowest BCUT2D eigenvalue weighted by Crippen LogP contribution is -2.19. The van der Waals surface area contributed by atoms with E-state index in [0.29, 0.717) is 28.6 Å². The van der Waals surface area contributed by atoms with E-state index in [1.165, 1.54) is 32.6 Å². The number of carbonyl (C=O) groups is 2. The van der Waals surface area contributed by atoms with Gasteiger partial charge in [0.2, 0.25) is 0 Å². The third-order valence-corrected chi connectivity index (χ3v) is 3.78. The largest absolute Gasteiger partial charge is 0.464 e. The van der Waals surface area contributed by atoms with Crippen LogP contribution in [0.2, 0.25) is 0 Å². The normalized spacial score (nSPS) is 10.7. The number of carbonyl (C=O) groups excluding carboxylic acids is 2. The summed E-state index contributed by atoms with van der Waals surface area (Å²) in [6.45, 7) is 0. The zero-order valence-corrected chi connectivity index (χ0v) is 13.6. The lowest BCUT2D eigenvalue weighted by Gasteiger charge is -2.07. The Bertz CT molecular complexity index is 965. The van der Waals surface area contributed by atoms with Crippen molar-refractivity contribution in [2.75, 3.05) is 14.2 Å². The van der Waals surface area contributed by atoms with Gasteiger partial charge in [0.15, 0.2) is 5.58 Å². The number of halogens is 1. The fraction of sp³-hybridized carbons (Fsp3) is 0.167. The quantitative estimate of drug-likeness (QED) is 0.737. The van der Waals surface area contributed by atoms with Gasteiger partial charge in [0.1, 0.15) is 17.0 Å². The number of pyridine rings is 1. The molecule has 0 aliphatic heterocycles. The Morgan fingerprint density at radius 2 is 2.08 bits per heavy atom. The van der Waals surface area contributed by atoms with Gasteiger partial charge >= 0.3 is 5.97 Å². The van der Waals surface area contributed by atoms with E-state index in [4.69, 9.17) is 9.15 Å². The van der Waals surface area contributed by atoms with E-state index in [-0.39, 0.29) is 11.3 Å². The van der Waals surface area contributed by atoms with Crippen LogP contribution in [0.25, 0.3) is 11.1 Å². The van der Waals surface area contributed by atoms with E-state index < -0.39 is 17.7 Å². The highest BCUT2D eigenvalue weighted by Gasteiger charge is 2.16. The van der Waals surface area contributed by atoms with Gasteiger partial charge in [0.25, 0.3) is 5.91 Å². The molecule has 0 saturated heterocycles. The predicted octanol–water partition coefficient (Wildman–Crippen LogP) is 2.70. The van der Waals surface area contributed by atoms with Gasteiger partial charge in [-0.15, -0.1) is 0 Å². The summed E-state index contributed by atoms with van der Waals surface area (Å²) in [6, 6.07) is 7.56. The summed E-state index contributed by atoms with van der Waals surface area (Å²) in [7, 11) is 2.71. The van der Waals surface area contributed by atoms with Crippen LogP contribution in [-0.2, 0) is 11.2 Å². The van der Waals surface area contributed by atoms with Gasteiger partial charge in [-0.2, -0.15) is 0 Å². The van der Waals surface area contributed by atoms with E-state index in [1.807, 2.05) is 0 Å². The van der Waals surface area contributed by atoms with Crippen LogP contribution in [0.4, 0.5) is 4.39 Å². The average Bonchev–Trinajstić information content (AvgIpc) is 3.09. The Morgan fingerprint density at radius 1 is 1.28 bits per heavy atom. The second kappa shape index (κ2) is 6.72. The molecule has 0 fully saturated rings. The van der Waals surface area contributed by atoms with Crippen LogP contribution in [0.5, 0.6) is 0 Å². The Morgan fingerprint density at radius 3 is 2.76 bits per heavy atom. The van der Waals surface area contributed by atoms with Crippen molar-refractivity contribution in [2.24, 2.45) is 0 Å². The first-order chi connectivity index (χ1) is 12.0. The van der Waals surface area contributed by atoms with Gasteiger partial charge in [0, 0.05) is 25.1 Å². The van der Waals surface area contributed by atoms with Crippen molar-refractivity contribution in [2.45, 2.75) is 6.42 Å². The lowest BCUT2D eigenvalue weighted by molar-refractivity contribution is 0.0594. The molecule has 0 aliphatic rings. The number of nitrogens with zero attached hydrogens (tertiary/aromatic N) is 1. The molecule has 128 valence electrons. The maximum absolute atomic E-state index is 14.1. The first-order valence-corrected chi connectivity index (χ1v) is 7.49. The molecule has 1 amide bonds. The van der Waals surface area contributed by atoms with E-state index in [1.54, 1.807) is 18.2 Å². The SMILES string of the molecule is CNC(=O)c1ccc(Cc2cc(C(=O)OC)nc3ccoc23)cc1F. The molecule has 1 aromatic carbocycles. The zero-order valence-electron chi connectivity index (χ0n) is 13.6. The first kappa shape index (κ1) is 16.6. The van der Waals surface area contributed by atoms with E-state index in [2.05, 4.69) is 10.3 Å². The topological polar surface area (TPSA) is 81.4 Å². The van der Waals surface area contributed by atoms with Crippen molar-refractivity contribution in [3.8, 4) is 0 Å². The van der Waals surface area contributed by atoms with Gasteiger partial charge < -0.3 is 14.5 Å². The summed E-state index contributed by atoms with van der Waals surface area (Å²) in [5, 5.41) is 2.38. The third kappa shape index (κ3) is 3.21. The van der Waals surface area contributed by atoms with Crippen LogP contribution >= 0.6 is 0 Å². The second-order valence-electron chi connectivity index (χ2n) is 5.36. The molecule has 1 N–H and O–H groups in total. The van der Waals surface area contributed by atoms with Crippen LogP contribution in [-0.4, -0.2) is 31.0 Å². The maximum atomic E-state index is 14.1. The van der Waals surface area contributed by atoms with E-state index in [9.17, 15) is 14.0 Å². The average molecular weight is 342 g/mol. The van der Waals surface area contributed by atoms with Gasteiger partial charge in [0.05, 0.1) is 18.9 Å². The van der Waals surface area contributed by atoms with Crippen molar-refractivity contribution in [1.82, 2.24) is 10.3 Å². The van der Waals surface area contributed by atoms with Gasteiger partial charge in [-0.25, -0.2) is 14.2 Å². The molecule has 2 aromatic heterocycles. The molecule has 0 aliphatic carbocycles. The Labute approximate surface area is 142 Å². The molecule has 7 heteroatoms. The molecule has 6 nitrogen and oxygen atoms in total. The lowest BCUT2D eigenvalue weighted by atomic mass is 10.0. The molecule has 0 radical (unpaired) electrons. The first-order valence-electron chi connectivity index (χ1n) is 7.49. The van der Waals surface area contributed by atoms with Crippen LogP contribution < -0.4 is 5.32 Å². The molecule has 0 bridgehead atoms. The van der Waals surface area contributed by atoms with Crippen molar-refractivity contribution < 1.29 is 23.1 Å². The van der Waals surface area contributed by atoms with Crippen molar-refractivity contribution in [3.63, 3.8) is 0 Å². The minimum Gasteiger partial charge on any atom is -0.464 e. The molecule has 2 heterocycles. The fourth-order valence-corrected chi connectivity index (χ4v) is 2.57. The number of methoxy groups -OCH3 is 1. The molecule has 3 rings (SSSR count). The van der Waals surface area contributed by atoms with Crippen LogP contribution in [0.3, 0.4) is 0 Å². The minimum atomic E-state index is -0.616. The number of benzene rings is 1. The summed E-state index contributed by atoms with van der Waals surface area (Å²) in [5.41, 5.74) is 2.45. The Kier molecular flexibility index (Phi) is 4.47. The minimum absolute atomic E-state index is 0.0284. The van der Waals surface area contributed by atoms with Crippen LogP contribution in [0.1, 0.15) is 32.0 Å². The summed E-state index contributed by atoms with van der Waals surface area (Å²) in [4.78, 5) is 27.5. The van der Waals surface area contributed by atoms with Gasteiger partial charge in [-0.3, -0.25) is 4.79 Å². The summed E-state index contributed by atoms with van der Waals surface area (Å²) in [6.07, 6.45) is 1.78. The van der Waals surface area contributed by atoms with E-state index >= 15 is 0 Å². The highest BCUT2D eigenvalue weighted by atomic mass is 19.1. The number of esters is 1. The molecule has 25 heavy (non-hydrogen) atoms. The van der Waals surface area contributed by atoms with Crippen molar-refractivity contribution >= 4 is 23.0 Å². The van der Waals surface area contributed by atoms with Gasteiger partial charge in [-0.05, 0) is 23.8 Å². The third-order valence-electron chi connectivity index (χ3n) is 3.78. The summed E-state index contributed by atoms with van der Waals surface area (Å²) >= 11 is 0. The Hall–Kier alpha value is -3.22. The number of hydrogen-bond donors (Lipinski definition) is 1. The van der Waals surface area contributed by atoms with Crippen LogP contribution in [0.15, 0.2) is 41.0 Å². The molecule has 0 unspecified atom stereocenters. The predicted molar refractivity (Wildman–Crippen MR) is 87.9 cm³/mol. The maximum Gasteiger partial charge on any atom is 0.356 e. The molecule has 0 atom stereocenters.